The molecule has 1 aliphatic heterocycles. The van der Waals surface area contributed by atoms with Crippen LogP contribution in [0.5, 0.6) is 0 Å². The van der Waals surface area contributed by atoms with Crippen molar-refractivity contribution in [1.82, 2.24) is 4.98 Å². The molecular formula is C15H14N2O2. The molecule has 1 atom stereocenters. The molecule has 0 radical (unpaired) electrons. The Labute approximate surface area is 111 Å². The summed E-state index contributed by atoms with van der Waals surface area (Å²) in [6.07, 6.45) is 1.41. The molecule has 2 heterocycles. The van der Waals surface area contributed by atoms with Crippen LogP contribution in [0.15, 0.2) is 48.7 Å². The molecule has 1 aliphatic rings. The van der Waals surface area contributed by atoms with Crippen LogP contribution in [0.25, 0.3) is 11.3 Å². The Morgan fingerprint density at radius 2 is 1.95 bits per heavy atom. The molecule has 0 spiro atoms. The van der Waals surface area contributed by atoms with E-state index in [0.29, 0.717) is 6.54 Å². The van der Waals surface area contributed by atoms with Gasteiger partial charge in [-0.1, -0.05) is 18.2 Å². The predicted octanol–water partition coefficient (Wildman–Crippen LogP) is 1.85. The molecular weight excluding hydrogens is 240 g/mol. The van der Waals surface area contributed by atoms with Gasteiger partial charge in [-0.3, -0.25) is 9.78 Å². The summed E-state index contributed by atoms with van der Waals surface area (Å²) in [6.45, 7) is 0.377. The Kier molecular flexibility index (Phi) is 3.01. The number of amides is 1. The summed E-state index contributed by atoms with van der Waals surface area (Å²) in [5.41, 5.74) is 2.74. The first-order chi connectivity index (χ1) is 9.24. The third-order valence-corrected chi connectivity index (χ3v) is 3.24. The topological polar surface area (TPSA) is 53.4 Å². The van der Waals surface area contributed by atoms with Crippen molar-refractivity contribution in [3.05, 3.63) is 48.7 Å². The highest BCUT2D eigenvalue weighted by Gasteiger charge is 2.28. The molecule has 19 heavy (non-hydrogen) atoms. The predicted molar refractivity (Wildman–Crippen MR) is 72.6 cm³/mol. The van der Waals surface area contributed by atoms with Crippen LogP contribution in [0.1, 0.15) is 6.42 Å². The summed E-state index contributed by atoms with van der Waals surface area (Å²) in [7, 11) is 0. The highest BCUT2D eigenvalue weighted by atomic mass is 16.3. The molecule has 1 unspecified atom stereocenters. The number of rotatable bonds is 2. The second-order valence-electron chi connectivity index (χ2n) is 4.62. The van der Waals surface area contributed by atoms with Gasteiger partial charge in [0.25, 0.3) is 0 Å². The van der Waals surface area contributed by atoms with E-state index >= 15 is 0 Å². The molecule has 1 N–H and O–H groups in total. The zero-order valence-electron chi connectivity index (χ0n) is 10.4. The number of hydrogen-bond acceptors (Lipinski definition) is 3. The number of aromatic nitrogens is 1. The minimum Gasteiger partial charge on any atom is -0.391 e. The van der Waals surface area contributed by atoms with Crippen molar-refractivity contribution >= 4 is 11.6 Å². The van der Waals surface area contributed by atoms with Crippen molar-refractivity contribution < 1.29 is 9.90 Å². The lowest BCUT2D eigenvalue weighted by molar-refractivity contribution is -0.117. The van der Waals surface area contributed by atoms with Gasteiger partial charge < -0.3 is 10.0 Å². The second kappa shape index (κ2) is 4.82. The van der Waals surface area contributed by atoms with Gasteiger partial charge in [0.1, 0.15) is 0 Å². The van der Waals surface area contributed by atoms with E-state index < -0.39 is 6.10 Å². The standard InChI is InChI=1S/C15H14N2O2/c18-13-9-15(19)17(10-13)12-6-4-11(5-7-12)14-3-1-2-8-16-14/h1-8,13,18H,9-10H2. The molecule has 96 valence electrons. The summed E-state index contributed by atoms with van der Waals surface area (Å²) < 4.78 is 0. The van der Waals surface area contributed by atoms with Gasteiger partial charge in [-0.05, 0) is 24.3 Å². The van der Waals surface area contributed by atoms with Crippen molar-refractivity contribution in [3.63, 3.8) is 0 Å². The van der Waals surface area contributed by atoms with Gasteiger partial charge in [-0.25, -0.2) is 0 Å². The Morgan fingerprint density at radius 3 is 2.53 bits per heavy atom. The molecule has 1 saturated heterocycles. The van der Waals surface area contributed by atoms with Crippen molar-refractivity contribution in [3.8, 4) is 11.3 Å². The lowest BCUT2D eigenvalue weighted by atomic mass is 10.1. The van der Waals surface area contributed by atoms with Gasteiger partial charge in [-0.15, -0.1) is 0 Å². The van der Waals surface area contributed by atoms with Crippen LogP contribution >= 0.6 is 0 Å². The van der Waals surface area contributed by atoms with Gasteiger partial charge in [0.05, 0.1) is 24.8 Å². The summed E-state index contributed by atoms with van der Waals surface area (Å²) in [4.78, 5) is 17.6. The van der Waals surface area contributed by atoms with Crippen LogP contribution in [0.4, 0.5) is 5.69 Å². The number of β-amino-alcohol motifs (C(OH)–C–C–N with tert-alkyl or cyclic N) is 1. The molecule has 3 rings (SSSR count). The highest BCUT2D eigenvalue weighted by Crippen LogP contribution is 2.25. The molecule has 0 saturated carbocycles. The minimum atomic E-state index is -0.553. The molecule has 4 nitrogen and oxygen atoms in total. The zero-order valence-corrected chi connectivity index (χ0v) is 10.4. The summed E-state index contributed by atoms with van der Waals surface area (Å²) >= 11 is 0. The SMILES string of the molecule is O=C1CC(O)CN1c1ccc(-c2ccccn2)cc1. The van der Waals surface area contributed by atoms with Crippen molar-refractivity contribution in [2.45, 2.75) is 12.5 Å². The maximum Gasteiger partial charge on any atom is 0.229 e. The van der Waals surface area contributed by atoms with Crippen molar-refractivity contribution in [1.29, 1.82) is 0 Å². The summed E-state index contributed by atoms with van der Waals surface area (Å²) in [5.74, 6) is -0.0295. The maximum atomic E-state index is 11.7. The van der Waals surface area contributed by atoms with E-state index in [-0.39, 0.29) is 12.3 Å². The molecule has 1 aromatic heterocycles. The number of carbonyl (C=O) groups is 1. The molecule has 1 aromatic carbocycles. The molecule has 1 amide bonds. The number of carbonyl (C=O) groups excluding carboxylic acids is 1. The van der Waals surface area contributed by atoms with Gasteiger partial charge in [0, 0.05) is 17.4 Å². The molecule has 4 heteroatoms. The molecule has 0 aliphatic carbocycles. The average molecular weight is 254 g/mol. The van der Waals surface area contributed by atoms with Gasteiger partial charge >= 0.3 is 0 Å². The summed E-state index contributed by atoms with van der Waals surface area (Å²) in [6, 6.07) is 13.4. The van der Waals surface area contributed by atoms with E-state index in [0.717, 1.165) is 16.9 Å². The Bertz CT molecular complexity index is 581. The number of aliphatic hydroxyl groups is 1. The van der Waals surface area contributed by atoms with Gasteiger partial charge in [0.2, 0.25) is 5.91 Å². The smallest absolute Gasteiger partial charge is 0.229 e. The van der Waals surface area contributed by atoms with E-state index in [9.17, 15) is 9.90 Å². The number of benzene rings is 1. The Morgan fingerprint density at radius 1 is 1.16 bits per heavy atom. The zero-order chi connectivity index (χ0) is 13.2. The number of hydrogen-bond donors (Lipinski definition) is 1. The van der Waals surface area contributed by atoms with E-state index in [1.54, 1.807) is 11.1 Å². The Balaban J connectivity index is 1.86. The lowest BCUT2D eigenvalue weighted by Gasteiger charge is -2.16. The van der Waals surface area contributed by atoms with Crippen LogP contribution in [0.3, 0.4) is 0 Å². The summed E-state index contributed by atoms with van der Waals surface area (Å²) in [5, 5.41) is 9.49. The largest absolute Gasteiger partial charge is 0.391 e. The van der Waals surface area contributed by atoms with Gasteiger partial charge in [0.15, 0.2) is 0 Å². The first-order valence-corrected chi connectivity index (χ1v) is 6.24. The minimum absolute atomic E-state index is 0.0295. The van der Waals surface area contributed by atoms with Crippen LogP contribution < -0.4 is 4.90 Å². The first kappa shape index (κ1) is 11.9. The van der Waals surface area contributed by atoms with E-state index in [4.69, 9.17) is 0 Å². The fourth-order valence-corrected chi connectivity index (χ4v) is 2.28. The third-order valence-electron chi connectivity index (χ3n) is 3.24. The van der Waals surface area contributed by atoms with E-state index in [2.05, 4.69) is 4.98 Å². The molecule has 1 fully saturated rings. The van der Waals surface area contributed by atoms with Gasteiger partial charge in [-0.2, -0.15) is 0 Å². The molecule has 0 bridgehead atoms. The van der Waals surface area contributed by atoms with E-state index in [1.807, 2.05) is 42.5 Å². The first-order valence-electron chi connectivity index (χ1n) is 6.24. The number of pyridine rings is 1. The fraction of sp³-hybridized carbons (Fsp3) is 0.200. The lowest BCUT2D eigenvalue weighted by Crippen LogP contribution is -2.25. The quantitative estimate of drug-likeness (QED) is 0.889. The fourth-order valence-electron chi connectivity index (χ4n) is 2.28. The average Bonchev–Trinajstić information content (AvgIpc) is 2.79. The van der Waals surface area contributed by atoms with Crippen LogP contribution in [0.2, 0.25) is 0 Å². The molecule has 2 aromatic rings. The Hall–Kier alpha value is -2.20. The third kappa shape index (κ3) is 2.35. The number of nitrogens with zero attached hydrogens (tertiary/aromatic N) is 2. The monoisotopic (exact) mass is 254 g/mol. The van der Waals surface area contributed by atoms with Crippen LogP contribution in [0, 0.1) is 0 Å². The van der Waals surface area contributed by atoms with Crippen molar-refractivity contribution in [2.75, 3.05) is 11.4 Å². The van der Waals surface area contributed by atoms with Crippen LogP contribution in [-0.2, 0) is 4.79 Å². The number of aliphatic hydroxyl groups excluding tert-OH is 1. The van der Waals surface area contributed by atoms with Crippen molar-refractivity contribution in [2.24, 2.45) is 0 Å². The number of anilines is 1. The second-order valence-corrected chi connectivity index (χ2v) is 4.62. The normalized spacial score (nSPS) is 18.9. The van der Waals surface area contributed by atoms with E-state index in [1.165, 1.54) is 0 Å². The van der Waals surface area contributed by atoms with Crippen LogP contribution in [-0.4, -0.2) is 28.6 Å². The highest BCUT2D eigenvalue weighted by molar-refractivity contribution is 5.96. The maximum absolute atomic E-state index is 11.7.